The first kappa shape index (κ1) is 14.0. The van der Waals surface area contributed by atoms with Gasteiger partial charge in [-0.05, 0) is 32.3 Å². The van der Waals surface area contributed by atoms with Crippen LogP contribution in [0.4, 0.5) is 0 Å². The average Bonchev–Trinajstić information content (AvgIpc) is 3.13. The number of carbonyl (C=O) groups is 1. The summed E-state index contributed by atoms with van der Waals surface area (Å²) in [5.74, 6) is 0.374. The van der Waals surface area contributed by atoms with Crippen LogP contribution in [0.5, 0.6) is 0 Å². The molecule has 19 heavy (non-hydrogen) atoms. The second-order valence-corrected chi connectivity index (χ2v) is 5.16. The number of amides is 1. The van der Waals surface area contributed by atoms with Gasteiger partial charge in [0.15, 0.2) is 0 Å². The topological polar surface area (TPSA) is 93.2 Å². The second kappa shape index (κ2) is 6.16. The molecule has 2 rings (SSSR count). The highest BCUT2D eigenvalue weighted by molar-refractivity contribution is 5.81. The number of aliphatic hydroxyl groups is 1. The SMILES string of the molecule is C[C@@H](O)[C@H](N)C(=O)NCCCn1nccc1C1CC1. The Hall–Kier alpha value is -1.40. The minimum absolute atomic E-state index is 0.308. The van der Waals surface area contributed by atoms with Crippen molar-refractivity contribution in [2.24, 2.45) is 5.73 Å². The first-order valence-electron chi connectivity index (χ1n) is 6.82. The van der Waals surface area contributed by atoms with E-state index in [2.05, 4.69) is 16.5 Å². The number of nitrogens with zero attached hydrogens (tertiary/aromatic N) is 2. The van der Waals surface area contributed by atoms with Gasteiger partial charge in [0.2, 0.25) is 5.91 Å². The van der Waals surface area contributed by atoms with Crippen molar-refractivity contribution in [1.29, 1.82) is 0 Å². The Balaban J connectivity index is 1.69. The first-order chi connectivity index (χ1) is 9.09. The molecule has 0 unspecified atom stereocenters. The van der Waals surface area contributed by atoms with E-state index in [1.807, 2.05) is 10.9 Å². The molecule has 1 heterocycles. The van der Waals surface area contributed by atoms with Gasteiger partial charge in [-0.25, -0.2) is 0 Å². The fourth-order valence-electron chi connectivity index (χ4n) is 2.03. The Bertz CT molecular complexity index is 426. The van der Waals surface area contributed by atoms with Crippen molar-refractivity contribution in [3.63, 3.8) is 0 Å². The number of aryl methyl sites for hydroxylation is 1. The third-order valence-electron chi connectivity index (χ3n) is 3.41. The van der Waals surface area contributed by atoms with Crippen molar-refractivity contribution in [3.05, 3.63) is 18.0 Å². The van der Waals surface area contributed by atoms with Crippen molar-refractivity contribution < 1.29 is 9.90 Å². The zero-order valence-corrected chi connectivity index (χ0v) is 11.2. The van der Waals surface area contributed by atoms with Gasteiger partial charge >= 0.3 is 0 Å². The van der Waals surface area contributed by atoms with Crippen molar-refractivity contribution in [2.75, 3.05) is 6.54 Å². The highest BCUT2D eigenvalue weighted by atomic mass is 16.3. The number of aliphatic hydroxyl groups excluding tert-OH is 1. The Labute approximate surface area is 113 Å². The van der Waals surface area contributed by atoms with E-state index >= 15 is 0 Å². The average molecular weight is 266 g/mol. The summed E-state index contributed by atoms with van der Waals surface area (Å²) in [6, 6.07) is 1.21. The Morgan fingerprint density at radius 3 is 3.05 bits per heavy atom. The summed E-state index contributed by atoms with van der Waals surface area (Å²) in [6.07, 6.45) is 4.32. The van der Waals surface area contributed by atoms with Crippen LogP contribution in [0.3, 0.4) is 0 Å². The molecule has 6 heteroatoms. The van der Waals surface area contributed by atoms with Crippen LogP contribution in [0.25, 0.3) is 0 Å². The van der Waals surface area contributed by atoms with Gasteiger partial charge in [0.25, 0.3) is 0 Å². The van der Waals surface area contributed by atoms with Gasteiger partial charge in [-0.3, -0.25) is 9.48 Å². The molecule has 6 nitrogen and oxygen atoms in total. The molecular weight excluding hydrogens is 244 g/mol. The summed E-state index contributed by atoms with van der Waals surface area (Å²) >= 11 is 0. The fourth-order valence-corrected chi connectivity index (χ4v) is 2.03. The lowest BCUT2D eigenvalue weighted by Gasteiger charge is -2.14. The molecule has 0 aromatic carbocycles. The molecular formula is C13H22N4O2. The molecule has 1 aliphatic carbocycles. The highest BCUT2D eigenvalue weighted by Gasteiger charge is 2.26. The van der Waals surface area contributed by atoms with E-state index in [1.165, 1.54) is 25.5 Å². The number of hydrogen-bond acceptors (Lipinski definition) is 4. The van der Waals surface area contributed by atoms with Gasteiger partial charge in [-0.1, -0.05) is 0 Å². The zero-order chi connectivity index (χ0) is 13.8. The summed E-state index contributed by atoms with van der Waals surface area (Å²) in [4.78, 5) is 11.5. The van der Waals surface area contributed by atoms with Crippen molar-refractivity contribution in [3.8, 4) is 0 Å². The van der Waals surface area contributed by atoms with Gasteiger partial charge in [0, 0.05) is 30.9 Å². The smallest absolute Gasteiger partial charge is 0.239 e. The molecule has 1 fully saturated rings. The predicted octanol–water partition coefficient (Wildman–Crippen LogP) is -0.0251. The van der Waals surface area contributed by atoms with E-state index in [0.29, 0.717) is 12.5 Å². The Morgan fingerprint density at radius 2 is 2.42 bits per heavy atom. The molecule has 1 aromatic heterocycles. The zero-order valence-electron chi connectivity index (χ0n) is 11.2. The van der Waals surface area contributed by atoms with E-state index in [9.17, 15) is 9.90 Å². The molecule has 1 aliphatic rings. The number of nitrogens with one attached hydrogen (secondary N) is 1. The summed E-state index contributed by atoms with van der Waals surface area (Å²) in [7, 11) is 0. The maximum absolute atomic E-state index is 11.5. The van der Waals surface area contributed by atoms with Crippen LogP contribution in [0.15, 0.2) is 12.3 Å². The summed E-state index contributed by atoms with van der Waals surface area (Å²) in [5, 5.41) is 16.2. The number of carbonyl (C=O) groups excluding carboxylic acids is 1. The number of rotatable bonds is 7. The van der Waals surface area contributed by atoms with Crippen molar-refractivity contribution in [2.45, 2.75) is 50.8 Å². The molecule has 1 saturated carbocycles. The van der Waals surface area contributed by atoms with E-state index in [1.54, 1.807) is 0 Å². The lowest BCUT2D eigenvalue weighted by atomic mass is 10.2. The van der Waals surface area contributed by atoms with Crippen LogP contribution in [-0.4, -0.2) is 39.5 Å². The molecule has 0 spiro atoms. The predicted molar refractivity (Wildman–Crippen MR) is 71.5 cm³/mol. The highest BCUT2D eigenvalue weighted by Crippen LogP contribution is 2.39. The van der Waals surface area contributed by atoms with Crippen molar-refractivity contribution in [1.82, 2.24) is 15.1 Å². The minimum atomic E-state index is -0.855. The lowest BCUT2D eigenvalue weighted by Crippen LogP contribution is -2.47. The number of aromatic nitrogens is 2. The molecule has 0 saturated heterocycles. The standard InChI is InChI=1S/C13H22N4O2/c1-9(18)12(14)13(19)15-6-2-8-17-11(5-7-16-17)10-3-4-10/h5,7,9-10,12,18H,2-4,6,8,14H2,1H3,(H,15,19)/t9-,12+/m1/s1. The van der Waals surface area contributed by atoms with Crippen LogP contribution >= 0.6 is 0 Å². The van der Waals surface area contributed by atoms with Crippen LogP contribution < -0.4 is 11.1 Å². The molecule has 106 valence electrons. The maximum Gasteiger partial charge on any atom is 0.239 e. The maximum atomic E-state index is 11.5. The first-order valence-corrected chi connectivity index (χ1v) is 6.82. The molecule has 0 aliphatic heterocycles. The third-order valence-corrected chi connectivity index (χ3v) is 3.41. The van der Waals surface area contributed by atoms with Crippen LogP contribution in [0.2, 0.25) is 0 Å². The largest absolute Gasteiger partial charge is 0.391 e. The van der Waals surface area contributed by atoms with Gasteiger partial charge in [-0.15, -0.1) is 0 Å². The minimum Gasteiger partial charge on any atom is -0.391 e. The monoisotopic (exact) mass is 266 g/mol. The molecule has 2 atom stereocenters. The Kier molecular flexibility index (Phi) is 4.55. The molecule has 1 amide bonds. The molecule has 0 bridgehead atoms. The van der Waals surface area contributed by atoms with Gasteiger partial charge < -0.3 is 16.2 Å². The summed E-state index contributed by atoms with van der Waals surface area (Å²) < 4.78 is 2.01. The summed E-state index contributed by atoms with van der Waals surface area (Å²) in [5.41, 5.74) is 6.83. The lowest BCUT2D eigenvalue weighted by molar-refractivity contribution is -0.124. The van der Waals surface area contributed by atoms with Gasteiger partial charge in [0.1, 0.15) is 6.04 Å². The van der Waals surface area contributed by atoms with E-state index in [0.717, 1.165) is 13.0 Å². The number of nitrogens with two attached hydrogens (primary N) is 1. The van der Waals surface area contributed by atoms with Crippen LogP contribution in [0, 0.1) is 0 Å². The van der Waals surface area contributed by atoms with Crippen molar-refractivity contribution >= 4 is 5.91 Å². The molecule has 4 N–H and O–H groups in total. The Morgan fingerprint density at radius 1 is 1.68 bits per heavy atom. The number of hydrogen-bond donors (Lipinski definition) is 3. The molecule has 1 aromatic rings. The van der Waals surface area contributed by atoms with E-state index in [4.69, 9.17) is 5.73 Å². The van der Waals surface area contributed by atoms with Crippen LogP contribution in [0.1, 0.15) is 37.8 Å². The van der Waals surface area contributed by atoms with Gasteiger partial charge in [-0.2, -0.15) is 5.10 Å². The fraction of sp³-hybridized carbons (Fsp3) is 0.692. The normalized spacial score (nSPS) is 18.1. The molecule has 0 radical (unpaired) electrons. The third kappa shape index (κ3) is 3.78. The van der Waals surface area contributed by atoms with Crippen LogP contribution in [-0.2, 0) is 11.3 Å². The van der Waals surface area contributed by atoms with Gasteiger partial charge in [0.05, 0.1) is 6.10 Å². The van der Waals surface area contributed by atoms with E-state index in [-0.39, 0.29) is 5.91 Å². The summed E-state index contributed by atoms with van der Waals surface area (Å²) in [6.45, 7) is 2.85. The second-order valence-electron chi connectivity index (χ2n) is 5.16. The van der Waals surface area contributed by atoms with E-state index < -0.39 is 12.1 Å². The quantitative estimate of drug-likeness (QED) is 0.604.